The molecule has 3 rings (SSSR count). The topological polar surface area (TPSA) is 101 Å². The molecular weight excluding hydrogens is 460 g/mol. The third-order valence-corrected chi connectivity index (χ3v) is 4.86. The SMILES string of the molecule is CC(=NNC(=O)c1cc(Br)ccc1NC(=O)c1cccnc1)C(=O)c1ccc(C)cc1. The number of nitrogens with one attached hydrogen (secondary N) is 2. The largest absolute Gasteiger partial charge is 0.321 e. The van der Waals surface area contributed by atoms with Crippen molar-refractivity contribution in [2.75, 3.05) is 5.32 Å². The van der Waals surface area contributed by atoms with Crippen LogP contribution in [0, 0.1) is 6.92 Å². The van der Waals surface area contributed by atoms with E-state index in [0.29, 0.717) is 21.3 Å². The highest BCUT2D eigenvalue weighted by Crippen LogP contribution is 2.22. The number of carbonyl (C=O) groups is 3. The van der Waals surface area contributed by atoms with Gasteiger partial charge in [-0.1, -0.05) is 45.8 Å². The average Bonchev–Trinajstić information content (AvgIpc) is 2.79. The van der Waals surface area contributed by atoms with Crippen LogP contribution in [-0.2, 0) is 0 Å². The van der Waals surface area contributed by atoms with Crippen molar-refractivity contribution in [1.29, 1.82) is 0 Å². The van der Waals surface area contributed by atoms with Crippen molar-refractivity contribution in [2.45, 2.75) is 13.8 Å². The molecule has 0 saturated heterocycles. The zero-order valence-electron chi connectivity index (χ0n) is 16.8. The Labute approximate surface area is 187 Å². The highest BCUT2D eigenvalue weighted by Gasteiger charge is 2.16. The third kappa shape index (κ3) is 5.70. The van der Waals surface area contributed by atoms with E-state index in [-0.39, 0.29) is 17.1 Å². The van der Waals surface area contributed by atoms with Gasteiger partial charge >= 0.3 is 0 Å². The van der Waals surface area contributed by atoms with E-state index in [1.165, 1.54) is 13.1 Å². The second-order valence-corrected chi connectivity index (χ2v) is 7.63. The molecule has 0 aliphatic carbocycles. The summed E-state index contributed by atoms with van der Waals surface area (Å²) >= 11 is 3.32. The zero-order valence-corrected chi connectivity index (χ0v) is 18.4. The minimum atomic E-state index is -0.571. The first-order chi connectivity index (χ1) is 14.8. The first-order valence-corrected chi connectivity index (χ1v) is 10.1. The van der Waals surface area contributed by atoms with Crippen molar-refractivity contribution in [3.05, 3.63) is 93.7 Å². The van der Waals surface area contributed by atoms with Crippen LogP contribution < -0.4 is 10.7 Å². The number of hydrazone groups is 1. The summed E-state index contributed by atoms with van der Waals surface area (Å²) in [6, 6.07) is 15.2. The molecule has 0 saturated carbocycles. The van der Waals surface area contributed by atoms with Gasteiger partial charge in [-0.05, 0) is 44.2 Å². The number of nitrogens with zero attached hydrogens (tertiary/aromatic N) is 2. The highest BCUT2D eigenvalue weighted by atomic mass is 79.9. The van der Waals surface area contributed by atoms with E-state index in [0.717, 1.165) is 5.56 Å². The number of hydrogen-bond donors (Lipinski definition) is 2. The molecule has 1 aromatic heterocycles. The molecule has 8 heteroatoms. The van der Waals surface area contributed by atoms with Crippen LogP contribution in [0.1, 0.15) is 43.6 Å². The van der Waals surface area contributed by atoms with Gasteiger partial charge in [0, 0.05) is 22.4 Å². The van der Waals surface area contributed by atoms with Crippen LogP contribution in [0.15, 0.2) is 76.6 Å². The lowest BCUT2D eigenvalue weighted by Gasteiger charge is -2.11. The maximum atomic E-state index is 12.7. The van der Waals surface area contributed by atoms with Crippen LogP contribution in [0.5, 0.6) is 0 Å². The molecular formula is C23H19BrN4O3. The van der Waals surface area contributed by atoms with Crippen molar-refractivity contribution in [1.82, 2.24) is 10.4 Å². The molecule has 2 amide bonds. The van der Waals surface area contributed by atoms with Gasteiger partial charge in [0.25, 0.3) is 11.8 Å². The van der Waals surface area contributed by atoms with Crippen molar-refractivity contribution in [3.8, 4) is 0 Å². The number of halogens is 1. The fourth-order valence-electron chi connectivity index (χ4n) is 2.66. The van der Waals surface area contributed by atoms with Gasteiger partial charge in [-0.15, -0.1) is 0 Å². The number of anilines is 1. The monoisotopic (exact) mass is 478 g/mol. The first kappa shape index (κ1) is 22.0. The van der Waals surface area contributed by atoms with E-state index in [2.05, 4.69) is 36.8 Å². The molecule has 0 atom stereocenters. The molecule has 0 radical (unpaired) electrons. The van der Waals surface area contributed by atoms with E-state index in [9.17, 15) is 14.4 Å². The van der Waals surface area contributed by atoms with Gasteiger partial charge in [-0.25, -0.2) is 5.43 Å². The number of rotatable bonds is 6. The van der Waals surface area contributed by atoms with Gasteiger partial charge in [0.15, 0.2) is 0 Å². The van der Waals surface area contributed by atoms with Crippen LogP contribution >= 0.6 is 15.9 Å². The van der Waals surface area contributed by atoms with Crippen molar-refractivity contribution < 1.29 is 14.4 Å². The minimum absolute atomic E-state index is 0.133. The number of aromatic nitrogens is 1. The lowest BCUT2D eigenvalue weighted by Crippen LogP contribution is -2.24. The van der Waals surface area contributed by atoms with Crippen molar-refractivity contribution in [3.63, 3.8) is 0 Å². The molecule has 7 nitrogen and oxygen atoms in total. The van der Waals surface area contributed by atoms with Gasteiger partial charge in [0.1, 0.15) is 5.71 Å². The second kappa shape index (κ2) is 9.90. The lowest BCUT2D eigenvalue weighted by molar-refractivity contribution is 0.0955. The summed E-state index contributed by atoms with van der Waals surface area (Å²) in [6.45, 7) is 3.45. The van der Waals surface area contributed by atoms with Crippen LogP contribution in [0.2, 0.25) is 0 Å². The minimum Gasteiger partial charge on any atom is -0.321 e. The van der Waals surface area contributed by atoms with E-state index >= 15 is 0 Å². The molecule has 0 unspecified atom stereocenters. The quantitative estimate of drug-likeness (QED) is 0.311. The smallest absolute Gasteiger partial charge is 0.273 e. The Kier molecular flexibility index (Phi) is 7.04. The van der Waals surface area contributed by atoms with E-state index in [1.54, 1.807) is 48.7 Å². The molecule has 2 aromatic carbocycles. The summed E-state index contributed by atoms with van der Waals surface area (Å²) in [5.41, 5.74) is 4.87. The van der Waals surface area contributed by atoms with Gasteiger partial charge in [-0.3, -0.25) is 19.4 Å². The summed E-state index contributed by atoms with van der Waals surface area (Å²) in [5, 5.41) is 6.64. The average molecular weight is 479 g/mol. The Morgan fingerprint density at radius 2 is 1.71 bits per heavy atom. The molecule has 0 bridgehead atoms. The number of carbonyl (C=O) groups excluding carboxylic acids is 3. The number of amides is 2. The van der Waals surface area contributed by atoms with Gasteiger partial charge < -0.3 is 5.32 Å². The summed E-state index contributed by atoms with van der Waals surface area (Å²) in [6.07, 6.45) is 2.99. The zero-order chi connectivity index (χ0) is 22.4. The Hall–Kier alpha value is -3.65. The van der Waals surface area contributed by atoms with Crippen LogP contribution in [0.3, 0.4) is 0 Å². The molecule has 2 N–H and O–H groups in total. The molecule has 0 aliphatic rings. The second-order valence-electron chi connectivity index (χ2n) is 6.72. The number of ketones is 1. The number of hydrogen-bond acceptors (Lipinski definition) is 5. The predicted molar refractivity (Wildman–Crippen MR) is 122 cm³/mol. The van der Waals surface area contributed by atoms with Crippen molar-refractivity contribution >= 4 is 44.9 Å². The van der Waals surface area contributed by atoms with Crippen molar-refractivity contribution in [2.24, 2.45) is 5.10 Å². The van der Waals surface area contributed by atoms with E-state index in [4.69, 9.17) is 0 Å². The Morgan fingerprint density at radius 1 is 0.968 bits per heavy atom. The maximum Gasteiger partial charge on any atom is 0.273 e. The molecule has 1 heterocycles. The normalized spacial score (nSPS) is 11.0. The Balaban J connectivity index is 1.77. The van der Waals surface area contributed by atoms with Gasteiger partial charge in [-0.2, -0.15) is 5.10 Å². The molecule has 31 heavy (non-hydrogen) atoms. The van der Waals surface area contributed by atoms with Gasteiger partial charge in [0.05, 0.1) is 16.8 Å². The number of Topliss-reactive ketones (excluding diaryl/α,β-unsaturated/α-hetero) is 1. The standard InChI is InChI=1S/C23H19BrN4O3/c1-14-5-7-16(8-6-14)21(29)15(2)27-28-23(31)19-12-18(24)9-10-20(19)26-22(30)17-4-3-11-25-13-17/h3-13H,1-2H3,(H,26,30)(H,28,31). The fraction of sp³-hybridized carbons (Fsp3) is 0.0870. The number of benzene rings is 2. The van der Waals surface area contributed by atoms with E-state index in [1.807, 2.05) is 19.1 Å². The van der Waals surface area contributed by atoms with Crippen LogP contribution in [0.4, 0.5) is 5.69 Å². The molecule has 156 valence electrons. The van der Waals surface area contributed by atoms with Crippen LogP contribution in [0.25, 0.3) is 0 Å². The summed E-state index contributed by atoms with van der Waals surface area (Å²) in [7, 11) is 0. The fourth-order valence-corrected chi connectivity index (χ4v) is 3.03. The van der Waals surface area contributed by atoms with Crippen LogP contribution in [-0.4, -0.2) is 28.3 Å². The molecule has 0 aliphatic heterocycles. The van der Waals surface area contributed by atoms with Gasteiger partial charge in [0.2, 0.25) is 5.78 Å². The Bertz CT molecular complexity index is 1160. The third-order valence-electron chi connectivity index (χ3n) is 4.37. The number of pyridine rings is 1. The van der Waals surface area contributed by atoms with E-state index < -0.39 is 11.8 Å². The maximum absolute atomic E-state index is 12.7. The summed E-state index contributed by atoms with van der Waals surface area (Å²) in [5.74, 6) is -1.27. The molecule has 0 spiro atoms. The molecule has 3 aromatic rings. The predicted octanol–water partition coefficient (Wildman–Crippen LogP) is 4.39. The first-order valence-electron chi connectivity index (χ1n) is 9.32. The number of aryl methyl sites for hydroxylation is 1. The Morgan fingerprint density at radius 3 is 2.39 bits per heavy atom. The summed E-state index contributed by atoms with van der Waals surface area (Å²) in [4.78, 5) is 41.6. The molecule has 0 fully saturated rings. The lowest BCUT2D eigenvalue weighted by atomic mass is 10.1. The summed E-state index contributed by atoms with van der Waals surface area (Å²) < 4.78 is 0.647. The highest BCUT2D eigenvalue weighted by molar-refractivity contribution is 9.10.